The molecule has 0 saturated carbocycles. The molecule has 0 aromatic rings. The second-order valence-corrected chi connectivity index (χ2v) is 11.3. The van der Waals surface area contributed by atoms with E-state index >= 15 is 0 Å². The fourth-order valence-corrected chi connectivity index (χ4v) is 5.24. The third kappa shape index (κ3) is 18.7. The first-order valence-electron chi connectivity index (χ1n) is 12.4. The molecule has 0 fully saturated rings. The van der Waals surface area contributed by atoms with Gasteiger partial charge in [0.25, 0.3) is 0 Å². The molecule has 20 heteroatoms. The van der Waals surface area contributed by atoms with E-state index in [1.54, 1.807) is 0 Å². The highest BCUT2D eigenvalue weighted by atomic mass is 33.1. The van der Waals surface area contributed by atoms with Gasteiger partial charge in [0.15, 0.2) is 0 Å². The molecule has 0 spiro atoms. The summed E-state index contributed by atoms with van der Waals surface area (Å²) in [4.78, 5) is 92.7. The van der Waals surface area contributed by atoms with Gasteiger partial charge in [0.2, 0.25) is 23.6 Å². The molecule has 4 amide bonds. The number of carbonyl (C=O) groups excluding carboxylic acids is 4. The van der Waals surface area contributed by atoms with E-state index in [4.69, 9.17) is 31.9 Å². The normalized spacial score (nSPS) is 13.5. The summed E-state index contributed by atoms with van der Waals surface area (Å²) in [6.07, 6.45) is -0.0772. The van der Waals surface area contributed by atoms with E-state index in [0.717, 1.165) is 21.6 Å². The Morgan fingerprint density at radius 1 is 0.595 bits per heavy atom. The van der Waals surface area contributed by atoms with Crippen LogP contribution in [0.1, 0.15) is 38.5 Å². The van der Waals surface area contributed by atoms with Gasteiger partial charge >= 0.3 is 23.9 Å². The number of rotatable bonds is 23. The molecule has 0 saturated heterocycles. The van der Waals surface area contributed by atoms with Crippen LogP contribution in [0.4, 0.5) is 0 Å². The molecule has 4 atom stereocenters. The molecular weight excluding hydrogens is 604 g/mol. The van der Waals surface area contributed by atoms with Crippen molar-refractivity contribution in [3.8, 4) is 0 Å². The van der Waals surface area contributed by atoms with E-state index in [1.165, 1.54) is 0 Å². The highest BCUT2D eigenvalue weighted by molar-refractivity contribution is 8.76. The van der Waals surface area contributed by atoms with Crippen LogP contribution in [0.3, 0.4) is 0 Å². The number of amides is 4. The highest BCUT2D eigenvalue weighted by Crippen LogP contribution is 2.23. The van der Waals surface area contributed by atoms with Crippen LogP contribution in [0.2, 0.25) is 0 Å². The first-order chi connectivity index (χ1) is 19.6. The topological polar surface area (TPSA) is 318 Å². The monoisotopic (exact) mass is 640 g/mol. The second-order valence-electron chi connectivity index (χ2n) is 8.71. The predicted octanol–water partition coefficient (Wildman–Crippen LogP) is -3.10. The summed E-state index contributed by atoms with van der Waals surface area (Å²) in [6.45, 7) is -1.43. The van der Waals surface area contributed by atoms with E-state index in [9.17, 15) is 38.4 Å². The molecule has 0 aliphatic heterocycles. The van der Waals surface area contributed by atoms with E-state index in [0.29, 0.717) is 0 Å². The first-order valence-corrected chi connectivity index (χ1v) is 14.9. The Kier molecular flexibility index (Phi) is 19.3. The molecule has 0 aliphatic rings. The number of carbonyl (C=O) groups is 8. The smallest absolute Gasteiger partial charge is 0.322 e. The summed E-state index contributed by atoms with van der Waals surface area (Å²) >= 11 is 0. The SMILES string of the molecule is N[C@@H](CCCC(=O)N[C@@H](CSSC[C@H](NC(=O)CCC[C@H](N)C(=O)O)C(=O)NCC(=O)O)C(=O)NCC(=O)O)C(=O)O. The Labute approximate surface area is 247 Å². The van der Waals surface area contributed by atoms with Gasteiger partial charge in [0.1, 0.15) is 37.3 Å². The quantitative estimate of drug-likeness (QED) is 0.0390. The third-order valence-corrected chi connectivity index (χ3v) is 7.58. The molecule has 0 bridgehead atoms. The van der Waals surface area contributed by atoms with Gasteiger partial charge in [0.05, 0.1) is 0 Å². The molecule has 18 nitrogen and oxygen atoms in total. The zero-order valence-electron chi connectivity index (χ0n) is 22.4. The van der Waals surface area contributed by atoms with Crippen molar-refractivity contribution in [2.75, 3.05) is 24.6 Å². The zero-order valence-corrected chi connectivity index (χ0v) is 24.0. The average molecular weight is 641 g/mol. The lowest BCUT2D eigenvalue weighted by molar-refractivity contribution is -0.139. The molecule has 238 valence electrons. The first kappa shape index (κ1) is 38.4. The molecule has 42 heavy (non-hydrogen) atoms. The lowest BCUT2D eigenvalue weighted by Gasteiger charge is -2.20. The fourth-order valence-electron chi connectivity index (χ4n) is 2.91. The van der Waals surface area contributed by atoms with Gasteiger partial charge < -0.3 is 53.2 Å². The summed E-state index contributed by atoms with van der Waals surface area (Å²) < 4.78 is 0. The maximum atomic E-state index is 12.4. The van der Waals surface area contributed by atoms with E-state index in [1.807, 2.05) is 0 Å². The number of nitrogens with one attached hydrogen (secondary N) is 4. The summed E-state index contributed by atoms with van der Waals surface area (Å²) in [6, 6.07) is -4.75. The van der Waals surface area contributed by atoms with Crippen molar-refractivity contribution in [1.29, 1.82) is 0 Å². The molecule has 0 aromatic heterocycles. The van der Waals surface area contributed by atoms with Gasteiger partial charge in [-0.05, 0) is 25.7 Å². The van der Waals surface area contributed by atoms with Crippen LogP contribution in [0.25, 0.3) is 0 Å². The maximum Gasteiger partial charge on any atom is 0.322 e. The molecule has 0 rings (SSSR count). The molecule has 0 heterocycles. The van der Waals surface area contributed by atoms with Gasteiger partial charge in [-0.15, -0.1) is 0 Å². The molecule has 0 radical (unpaired) electrons. The summed E-state index contributed by atoms with van der Waals surface area (Å²) in [7, 11) is 1.97. The number of aliphatic carboxylic acids is 4. The van der Waals surface area contributed by atoms with Crippen LogP contribution >= 0.6 is 21.6 Å². The number of hydrogen-bond donors (Lipinski definition) is 10. The lowest BCUT2D eigenvalue weighted by Crippen LogP contribution is -2.50. The molecular formula is C22H36N6O12S2. The molecule has 0 aliphatic carbocycles. The molecule has 0 aromatic carbocycles. The van der Waals surface area contributed by atoms with Crippen LogP contribution in [-0.4, -0.2) is 117 Å². The predicted molar refractivity (Wildman–Crippen MR) is 149 cm³/mol. The van der Waals surface area contributed by atoms with Crippen molar-refractivity contribution in [3.05, 3.63) is 0 Å². The number of hydrogen-bond acceptors (Lipinski definition) is 12. The molecule has 0 unspecified atom stereocenters. The van der Waals surface area contributed by atoms with Crippen molar-refractivity contribution < 1.29 is 58.8 Å². The van der Waals surface area contributed by atoms with Crippen LogP contribution in [0, 0.1) is 0 Å². The van der Waals surface area contributed by atoms with E-state index < -0.39 is 84.8 Å². The largest absolute Gasteiger partial charge is 0.480 e. The molecule has 12 N–H and O–H groups in total. The fraction of sp³-hybridized carbons (Fsp3) is 0.636. The Balaban J connectivity index is 5.13. The third-order valence-electron chi connectivity index (χ3n) is 5.16. The van der Waals surface area contributed by atoms with Crippen LogP contribution < -0.4 is 32.7 Å². The minimum absolute atomic E-state index is 0.00659. The second kappa shape index (κ2) is 21.1. The standard InChI is InChI=1S/C22H36N6O12S2/c23-11(21(37)38)3-1-5-15(29)27-13(19(35)25-7-17(31)32)9-41-42-10-14(20(36)26-8-18(33)34)28-16(30)6-2-4-12(24)22(39)40/h11-14H,1-10,23-24H2,(H,25,35)(H,26,36)(H,27,29)(H,28,30)(H,31,32)(H,33,34)(H,37,38)(H,39,40)/t11-,12-,13-,14-/m0/s1. The Bertz CT molecular complexity index is 910. The van der Waals surface area contributed by atoms with E-state index in [2.05, 4.69) is 21.3 Å². The van der Waals surface area contributed by atoms with Crippen LogP contribution in [0.15, 0.2) is 0 Å². The Morgan fingerprint density at radius 3 is 1.21 bits per heavy atom. The minimum Gasteiger partial charge on any atom is -0.480 e. The maximum absolute atomic E-state index is 12.4. The Morgan fingerprint density at radius 2 is 0.929 bits per heavy atom. The van der Waals surface area contributed by atoms with Gasteiger partial charge in [-0.3, -0.25) is 38.4 Å². The van der Waals surface area contributed by atoms with Crippen molar-refractivity contribution in [3.63, 3.8) is 0 Å². The van der Waals surface area contributed by atoms with Gasteiger partial charge in [-0.1, -0.05) is 21.6 Å². The number of carboxylic acid groups (broad SMARTS) is 4. The minimum atomic E-state index is -1.32. The summed E-state index contributed by atoms with van der Waals surface area (Å²) in [5, 5.41) is 44.4. The Hall–Kier alpha value is -3.62. The van der Waals surface area contributed by atoms with Crippen molar-refractivity contribution in [2.24, 2.45) is 11.5 Å². The van der Waals surface area contributed by atoms with Crippen LogP contribution in [0.5, 0.6) is 0 Å². The summed E-state index contributed by atoms with van der Waals surface area (Å²) in [5.74, 6) is -8.20. The zero-order chi connectivity index (χ0) is 32.2. The van der Waals surface area contributed by atoms with Gasteiger partial charge in [-0.25, -0.2) is 0 Å². The van der Waals surface area contributed by atoms with Gasteiger partial charge in [0, 0.05) is 24.3 Å². The lowest BCUT2D eigenvalue weighted by atomic mass is 10.1. The summed E-state index contributed by atoms with van der Waals surface area (Å²) in [5.41, 5.74) is 10.8. The average Bonchev–Trinajstić information content (AvgIpc) is 2.90. The van der Waals surface area contributed by atoms with E-state index in [-0.39, 0.29) is 50.0 Å². The highest BCUT2D eigenvalue weighted by Gasteiger charge is 2.25. The van der Waals surface area contributed by atoms with Crippen molar-refractivity contribution >= 4 is 69.1 Å². The van der Waals surface area contributed by atoms with Crippen molar-refractivity contribution in [1.82, 2.24) is 21.3 Å². The van der Waals surface area contributed by atoms with Crippen molar-refractivity contribution in [2.45, 2.75) is 62.7 Å². The number of nitrogens with two attached hydrogens (primary N) is 2. The van der Waals surface area contributed by atoms with Crippen LogP contribution in [-0.2, 0) is 38.4 Å². The van der Waals surface area contributed by atoms with Gasteiger partial charge in [-0.2, -0.15) is 0 Å². The number of carboxylic acids is 4.